The Morgan fingerprint density at radius 1 is 1.17 bits per heavy atom. The Morgan fingerprint density at radius 3 is 2.50 bits per heavy atom. The van der Waals surface area contributed by atoms with Gasteiger partial charge in [0.1, 0.15) is 0 Å². The van der Waals surface area contributed by atoms with Crippen LogP contribution in [0.15, 0.2) is 0 Å². The molecule has 0 bridgehead atoms. The van der Waals surface area contributed by atoms with Crippen molar-refractivity contribution < 1.29 is 18.0 Å². The van der Waals surface area contributed by atoms with Crippen LogP contribution in [0.25, 0.3) is 0 Å². The van der Waals surface area contributed by atoms with Crippen molar-refractivity contribution >= 4 is 5.91 Å². The molecule has 7 heteroatoms. The van der Waals surface area contributed by atoms with Gasteiger partial charge < -0.3 is 5.32 Å². The highest BCUT2D eigenvalue weighted by molar-refractivity contribution is 5.78. The van der Waals surface area contributed by atoms with Crippen LogP contribution in [0.4, 0.5) is 13.2 Å². The number of piperazine rings is 1. The molecular formula is C17H30F3N3O. The predicted molar refractivity (Wildman–Crippen MR) is 87.6 cm³/mol. The summed E-state index contributed by atoms with van der Waals surface area (Å²) >= 11 is 0. The lowest BCUT2D eigenvalue weighted by molar-refractivity contribution is -0.155. The number of rotatable bonds is 4. The van der Waals surface area contributed by atoms with E-state index in [1.807, 2.05) is 4.90 Å². The Bertz CT molecular complexity index is 430. The number of nitrogens with zero attached hydrogens (tertiary/aromatic N) is 2. The number of hydrogen-bond donors (Lipinski definition) is 1. The van der Waals surface area contributed by atoms with Gasteiger partial charge in [0.05, 0.1) is 13.1 Å². The fourth-order valence-corrected chi connectivity index (χ4v) is 3.92. The van der Waals surface area contributed by atoms with Crippen LogP contribution in [0.3, 0.4) is 0 Å². The second-order valence-corrected chi connectivity index (χ2v) is 7.61. The molecule has 0 spiro atoms. The molecule has 1 aliphatic heterocycles. The fourth-order valence-electron chi connectivity index (χ4n) is 3.92. The molecule has 2 aliphatic rings. The topological polar surface area (TPSA) is 35.6 Å². The zero-order valence-electron chi connectivity index (χ0n) is 14.9. The van der Waals surface area contributed by atoms with E-state index in [4.69, 9.17) is 0 Å². The summed E-state index contributed by atoms with van der Waals surface area (Å²) < 4.78 is 37.6. The summed E-state index contributed by atoms with van der Waals surface area (Å²) in [6, 6.07) is 0.0343. The lowest BCUT2D eigenvalue weighted by atomic mass is 9.78. The Labute approximate surface area is 142 Å². The van der Waals surface area contributed by atoms with E-state index < -0.39 is 12.7 Å². The van der Waals surface area contributed by atoms with E-state index >= 15 is 0 Å². The van der Waals surface area contributed by atoms with Gasteiger partial charge in [0.25, 0.3) is 0 Å². The van der Waals surface area contributed by atoms with Gasteiger partial charge in [-0.05, 0) is 25.2 Å². The van der Waals surface area contributed by atoms with Gasteiger partial charge in [-0.2, -0.15) is 13.2 Å². The first-order valence-electron chi connectivity index (χ1n) is 8.98. The van der Waals surface area contributed by atoms with Crippen molar-refractivity contribution in [2.24, 2.45) is 11.8 Å². The molecule has 4 atom stereocenters. The molecule has 2 fully saturated rings. The van der Waals surface area contributed by atoms with E-state index in [0.29, 0.717) is 31.5 Å². The van der Waals surface area contributed by atoms with E-state index in [1.165, 1.54) is 11.3 Å². The first kappa shape index (κ1) is 19.5. The molecule has 24 heavy (non-hydrogen) atoms. The molecule has 1 saturated heterocycles. The van der Waals surface area contributed by atoms with E-state index in [2.05, 4.69) is 19.2 Å². The zero-order valence-corrected chi connectivity index (χ0v) is 14.9. The smallest absolute Gasteiger partial charge is 0.352 e. The Balaban J connectivity index is 1.77. The highest BCUT2D eigenvalue weighted by atomic mass is 19.4. The van der Waals surface area contributed by atoms with E-state index in [0.717, 1.165) is 12.8 Å². The lowest BCUT2D eigenvalue weighted by Crippen LogP contribution is -2.56. The Kier molecular flexibility index (Phi) is 6.53. The average Bonchev–Trinajstić information content (AvgIpc) is 2.45. The maximum Gasteiger partial charge on any atom is 0.401 e. The number of carbonyl (C=O) groups excluding carboxylic acids is 1. The maximum atomic E-state index is 12.5. The first-order chi connectivity index (χ1) is 11.2. The highest BCUT2D eigenvalue weighted by Crippen LogP contribution is 2.29. The van der Waals surface area contributed by atoms with Crippen molar-refractivity contribution in [1.29, 1.82) is 0 Å². The number of alkyl halides is 3. The van der Waals surface area contributed by atoms with Gasteiger partial charge in [-0.1, -0.05) is 26.7 Å². The Hall–Kier alpha value is -0.820. The number of halogens is 3. The number of nitrogens with one attached hydrogen (secondary N) is 1. The number of carbonyl (C=O) groups is 1. The quantitative estimate of drug-likeness (QED) is 0.847. The summed E-state index contributed by atoms with van der Waals surface area (Å²) in [6.45, 7) is 6.97. The van der Waals surface area contributed by atoms with Gasteiger partial charge in [-0.25, -0.2) is 0 Å². The van der Waals surface area contributed by atoms with Crippen LogP contribution in [0.2, 0.25) is 0 Å². The highest BCUT2D eigenvalue weighted by Gasteiger charge is 2.35. The SMILES string of the molecule is C[C@@H]1[C@H](C)CCC[C@@H]1NC(=O)CN1CCN(CC(F)(F)F)[C@@H](C)C1. The average molecular weight is 349 g/mol. The number of amides is 1. The van der Waals surface area contributed by atoms with Gasteiger partial charge >= 0.3 is 6.18 Å². The number of hydrogen-bond acceptors (Lipinski definition) is 3. The summed E-state index contributed by atoms with van der Waals surface area (Å²) in [4.78, 5) is 15.7. The van der Waals surface area contributed by atoms with Crippen LogP contribution in [-0.4, -0.2) is 66.7 Å². The molecule has 140 valence electrons. The second-order valence-electron chi connectivity index (χ2n) is 7.61. The van der Waals surface area contributed by atoms with Crippen molar-refractivity contribution in [2.75, 3.05) is 32.7 Å². The van der Waals surface area contributed by atoms with Gasteiger partial charge in [0.2, 0.25) is 5.91 Å². The molecular weight excluding hydrogens is 319 g/mol. The summed E-state index contributed by atoms with van der Waals surface area (Å²) in [5.41, 5.74) is 0. The molecule has 4 nitrogen and oxygen atoms in total. The van der Waals surface area contributed by atoms with Crippen LogP contribution in [-0.2, 0) is 4.79 Å². The normalized spacial score (nSPS) is 33.4. The molecule has 0 aromatic rings. The van der Waals surface area contributed by atoms with Crippen LogP contribution < -0.4 is 5.32 Å². The first-order valence-corrected chi connectivity index (χ1v) is 8.98. The van der Waals surface area contributed by atoms with Crippen molar-refractivity contribution in [3.63, 3.8) is 0 Å². The molecule has 1 aliphatic carbocycles. The molecule has 0 aromatic carbocycles. The third-order valence-electron chi connectivity index (χ3n) is 5.65. The van der Waals surface area contributed by atoms with Crippen LogP contribution >= 0.6 is 0 Å². The largest absolute Gasteiger partial charge is 0.401 e. The summed E-state index contributed by atoms with van der Waals surface area (Å²) in [5, 5.41) is 3.14. The third kappa shape index (κ3) is 5.62. The van der Waals surface area contributed by atoms with Crippen molar-refractivity contribution in [3.8, 4) is 0 Å². The minimum absolute atomic E-state index is 0.00239. The molecule has 1 N–H and O–H groups in total. The molecule has 1 saturated carbocycles. The van der Waals surface area contributed by atoms with Gasteiger partial charge in [-0.15, -0.1) is 0 Å². The van der Waals surface area contributed by atoms with E-state index in [9.17, 15) is 18.0 Å². The van der Waals surface area contributed by atoms with Crippen molar-refractivity contribution in [1.82, 2.24) is 15.1 Å². The standard InChI is InChI=1S/C17H30F3N3O/c1-12-5-4-6-15(14(12)3)21-16(24)10-22-7-8-23(13(2)9-22)11-17(18,19)20/h12-15H,4-11H2,1-3H3,(H,21,24)/t12-,13+,14-,15+/m1/s1. The van der Waals surface area contributed by atoms with Gasteiger partial charge in [0, 0.05) is 31.7 Å². The van der Waals surface area contributed by atoms with Crippen LogP contribution in [0.1, 0.15) is 40.0 Å². The Morgan fingerprint density at radius 2 is 1.88 bits per heavy atom. The molecule has 2 rings (SSSR count). The molecule has 0 unspecified atom stereocenters. The van der Waals surface area contributed by atoms with Crippen LogP contribution in [0.5, 0.6) is 0 Å². The second kappa shape index (κ2) is 8.04. The fraction of sp³-hybridized carbons (Fsp3) is 0.941. The molecule has 0 aromatic heterocycles. The monoisotopic (exact) mass is 349 g/mol. The summed E-state index contributed by atoms with van der Waals surface area (Å²) in [5.74, 6) is 1.10. The predicted octanol–water partition coefficient (Wildman–Crippen LogP) is 2.50. The summed E-state index contributed by atoms with van der Waals surface area (Å²) in [7, 11) is 0. The summed E-state index contributed by atoms with van der Waals surface area (Å²) in [6.07, 6.45) is -0.787. The maximum absolute atomic E-state index is 12.5. The van der Waals surface area contributed by atoms with E-state index in [-0.39, 0.29) is 24.5 Å². The zero-order chi connectivity index (χ0) is 17.9. The van der Waals surface area contributed by atoms with E-state index in [1.54, 1.807) is 6.92 Å². The third-order valence-corrected chi connectivity index (χ3v) is 5.65. The van der Waals surface area contributed by atoms with Gasteiger partial charge in [-0.3, -0.25) is 14.6 Å². The van der Waals surface area contributed by atoms with Crippen molar-refractivity contribution in [3.05, 3.63) is 0 Å². The van der Waals surface area contributed by atoms with Gasteiger partial charge in [0.15, 0.2) is 0 Å². The minimum Gasteiger partial charge on any atom is -0.352 e. The molecule has 0 radical (unpaired) electrons. The molecule has 1 heterocycles. The minimum atomic E-state index is -4.17. The van der Waals surface area contributed by atoms with Crippen molar-refractivity contribution in [2.45, 2.75) is 58.3 Å². The van der Waals surface area contributed by atoms with Crippen LogP contribution in [0, 0.1) is 11.8 Å². The lowest BCUT2D eigenvalue weighted by Gasteiger charge is -2.40. The molecule has 1 amide bonds.